The zero-order chi connectivity index (χ0) is 20.3. The van der Waals surface area contributed by atoms with E-state index in [0.717, 1.165) is 12.8 Å². The van der Waals surface area contributed by atoms with Crippen LogP contribution in [0.15, 0.2) is 83.8 Å². The van der Waals surface area contributed by atoms with Crippen molar-refractivity contribution in [1.82, 2.24) is 4.72 Å². The van der Waals surface area contributed by atoms with Crippen LogP contribution in [-0.4, -0.2) is 10.8 Å². The van der Waals surface area contributed by atoms with E-state index in [4.69, 9.17) is 4.78 Å². The highest BCUT2D eigenvalue weighted by Gasteiger charge is 2.17. The van der Waals surface area contributed by atoms with Gasteiger partial charge < -0.3 is 0 Å². The zero-order valence-corrected chi connectivity index (χ0v) is 16.8. The zero-order valence-electron chi connectivity index (χ0n) is 16.0. The van der Waals surface area contributed by atoms with E-state index < -0.39 is 15.7 Å². The maximum absolute atomic E-state index is 13.1. The minimum Gasteiger partial charge on any atom is -0.236 e. The molecule has 0 saturated heterocycles. The molecule has 3 nitrogen and oxygen atoms in total. The van der Waals surface area contributed by atoms with Crippen molar-refractivity contribution < 1.29 is 8.60 Å². The molecule has 148 valence electrons. The number of rotatable bonds is 5. The van der Waals surface area contributed by atoms with Gasteiger partial charge in [0.15, 0.2) is 0 Å². The van der Waals surface area contributed by atoms with Gasteiger partial charge in [-0.2, -0.15) is 0 Å². The average molecular weight is 407 g/mol. The summed E-state index contributed by atoms with van der Waals surface area (Å²) in [6.45, 7) is 0.396. The molecule has 0 aliphatic heterocycles. The Morgan fingerprint density at radius 1 is 0.897 bits per heavy atom. The molecule has 0 amide bonds. The van der Waals surface area contributed by atoms with Crippen LogP contribution < -0.4 is 4.72 Å². The lowest BCUT2D eigenvalue weighted by Crippen LogP contribution is -2.23. The highest BCUT2D eigenvalue weighted by Crippen LogP contribution is 2.33. The Morgan fingerprint density at radius 3 is 2.03 bits per heavy atom. The summed E-state index contributed by atoms with van der Waals surface area (Å²) in [5, 5.41) is 0. The van der Waals surface area contributed by atoms with Gasteiger partial charge in [-0.15, -0.1) is 0 Å². The average Bonchev–Trinajstić information content (AvgIpc) is 2.89. The van der Waals surface area contributed by atoms with Crippen LogP contribution in [0.3, 0.4) is 0 Å². The molecule has 1 aliphatic rings. The number of hydrogen-bond acceptors (Lipinski definition) is 2. The molecule has 0 radical (unpaired) electrons. The molecule has 0 saturated carbocycles. The van der Waals surface area contributed by atoms with Gasteiger partial charge >= 0.3 is 0 Å². The number of benzene rings is 3. The normalized spacial score (nSPS) is 15.0. The van der Waals surface area contributed by atoms with Gasteiger partial charge in [0.05, 0.1) is 4.90 Å². The van der Waals surface area contributed by atoms with E-state index in [1.165, 1.54) is 52.1 Å². The molecule has 3 aromatic carbocycles. The quantitative estimate of drug-likeness (QED) is 0.551. The Kier molecular flexibility index (Phi) is 5.60. The molecule has 3 aromatic rings. The fraction of sp³-hybridized carbons (Fsp3) is 0.167. The number of fused-ring (bicyclic) bond motifs is 2. The second kappa shape index (κ2) is 8.31. The third kappa shape index (κ3) is 4.31. The lowest BCUT2D eigenvalue weighted by Gasteiger charge is -2.13. The largest absolute Gasteiger partial charge is 0.236 e. The van der Waals surface area contributed by atoms with E-state index in [9.17, 15) is 8.60 Å². The van der Waals surface area contributed by atoms with E-state index in [-0.39, 0.29) is 4.90 Å². The van der Waals surface area contributed by atoms with E-state index >= 15 is 0 Å². The Morgan fingerprint density at radius 2 is 1.45 bits per heavy atom. The second-order valence-corrected chi connectivity index (χ2v) is 9.00. The van der Waals surface area contributed by atoms with Crippen LogP contribution >= 0.6 is 0 Å². The Bertz CT molecular complexity index is 1100. The molecule has 1 aliphatic carbocycles. The van der Waals surface area contributed by atoms with Crippen molar-refractivity contribution in [1.29, 1.82) is 4.78 Å². The lowest BCUT2D eigenvalue weighted by molar-refractivity contribution is 0.625. The standard InChI is InChI=1S/C24H23FN2OS/c25-20-13-15-21(16-14-20)29(26,28)27-17-5-10-24-22-8-3-1-6-18(22)11-12-19-7-2-4-9-23(19)24/h1-4,6-10,13-16H,5,11-12,17H2,(H2,26,27,28). The van der Waals surface area contributed by atoms with Gasteiger partial charge in [0, 0.05) is 6.54 Å². The van der Waals surface area contributed by atoms with Crippen LogP contribution in [0.1, 0.15) is 28.7 Å². The number of nitrogens with one attached hydrogen (secondary N) is 2. The topological polar surface area (TPSA) is 53.0 Å². The molecule has 2 N–H and O–H groups in total. The predicted octanol–water partition coefficient (Wildman–Crippen LogP) is 5.36. The molecule has 0 spiro atoms. The lowest BCUT2D eigenvalue weighted by atomic mass is 9.93. The molecular weight excluding hydrogens is 383 g/mol. The van der Waals surface area contributed by atoms with E-state index in [1.54, 1.807) is 0 Å². The van der Waals surface area contributed by atoms with Gasteiger partial charge in [-0.25, -0.2) is 18.1 Å². The van der Waals surface area contributed by atoms with Crippen LogP contribution in [0.4, 0.5) is 4.39 Å². The Hall–Kier alpha value is -2.76. The summed E-state index contributed by atoms with van der Waals surface area (Å²) in [5.74, 6) is -0.403. The molecule has 1 atom stereocenters. The first-order chi connectivity index (χ1) is 14.0. The fourth-order valence-electron chi connectivity index (χ4n) is 3.77. The van der Waals surface area contributed by atoms with Crippen LogP contribution in [0.5, 0.6) is 0 Å². The number of halogens is 1. The molecule has 29 heavy (non-hydrogen) atoms. The van der Waals surface area contributed by atoms with Crippen LogP contribution in [0, 0.1) is 10.6 Å². The van der Waals surface area contributed by atoms with Gasteiger partial charge in [0.25, 0.3) is 0 Å². The molecule has 1 unspecified atom stereocenters. The summed E-state index contributed by atoms with van der Waals surface area (Å²) in [6, 6.07) is 22.2. The van der Waals surface area contributed by atoms with E-state index in [2.05, 4.69) is 59.3 Å². The highest BCUT2D eigenvalue weighted by molar-refractivity contribution is 7.90. The second-order valence-electron chi connectivity index (χ2n) is 7.13. The molecular formula is C24H23FN2OS. The Balaban J connectivity index is 1.56. The molecule has 0 heterocycles. The van der Waals surface area contributed by atoms with Gasteiger partial charge in [-0.3, -0.25) is 0 Å². The smallest absolute Gasteiger partial charge is 0.134 e. The van der Waals surface area contributed by atoms with Gasteiger partial charge in [-0.05, 0) is 71.4 Å². The first kappa shape index (κ1) is 19.6. The third-order valence-electron chi connectivity index (χ3n) is 5.22. The van der Waals surface area contributed by atoms with Crippen molar-refractivity contribution in [3.63, 3.8) is 0 Å². The minimum atomic E-state index is -3.15. The van der Waals surface area contributed by atoms with Crippen molar-refractivity contribution >= 4 is 15.5 Å². The summed E-state index contributed by atoms with van der Waals surface area (Å²) >= 11 is 0. The summed E-state index contributed by atoms with van der Waals surface area (Å²) in [5.41, 5.74) is 6.33. The Labute approximate surface area is 171 Å². The highest BCUT2D eigenvalue weighted by atomic mass is 32.2. The number of hydrogen-bond donors (Lipinski definition) is 2. The molecule has 0 aromatic heterocycles. The molecule has 4 rings (SSSR count). The van der Waals surface area contributed by atoms with Crippen molar-refractivity contribution in [3.8, 4) is 0 Å². The van der Waals surface area contributed by atoms with Gasteiger partial charge in [-0.1, -0.05) is 54.6 Å². The first-order valence-corrected chi connectivity index (χ1v) is 11.3. The maximum Gasteiger partial charge on any atom is 0.134 e. The van der Waals surface area contributed by atoms with Crippen molar-refractivity contribution in [2.24, 2.45) is 0 Å². The molecule has 0 fully saturated rings. The van der Waals surface area contributed by atoms with Crippen molar-refractivity contribution in [3.05, 3.63) is 107 Å². The van der Waals surface area contributed by atoms with Crippen molar-refractivity contribution in [2.75, 3.05) is 6.54 Å². The number of aryl methyl sites for hydroxylation is 2. The van der Waals surface area contributed by atoms with Gasteiger partial charge in [0.1, 0.15) is 15.7 Å². The van der Waals surface area contributed by atoms with E-state index in [0.29, 0.717) is 13.0 Å². The van der Waals surface area contributed by atoms with E-state index in [1.807, 2.05) is 0 Å². The summed E-state index contributed by atoms with van der Waals surface area (Å²) in [7, 11) is -3.15. The summed E-state index contributed by atoms with van der Waals surface area (Å²) in [4.78, 5) is 0.289. The van der Waals surface area contributed by atoms with Crippen LogP contribution in [-0.2, 0) is 22.8 Å². The molecule has 0 bridgehead atoms. The van der Waals surface area contributed by atoms with Crippen LogP contribution in [0.25, 0.3) is 5.57 Å². The van der Waals surface area contributed by atoms with Gasteiger partial charge in [0.2, 0.25) is 0 Å². The first-order valence-electron chi connectivity index (χ1n) is 9.70. The minimum absolute atomic E-state index is 0.289. The fourth-order valence-corrected chi connectivity index (χ4v) is 4.86. The summed E-state index contributed by atoms with van der Waals surface area (Å²) in [6.07, 6.45) is 4.81. The summed E-state index contributed by atoms with van der Waals surface area (Å²) < 4.78 is 36.6. The SMILES string of the molecule is N=S(=O)(NCCC=C1c2ccccc2CCc2ccccc21)c1ccc(F)cc1. The van der Waals surface area contributed by atoms with Crippen LogP contribution in [0.2, 0.25) is 0 Å². The molecule has 5 heteroatoms. The monoisotopic (exact) mass is 406 g/mol. The predicted molar refractivity (Wildman–Crippen MR) is 116 cm³/mol. The maximum atomic E-state index is 13.1. The van der Waals surface area contributed by atoms with Crippen molar-refractivity contribution in [2.45, 2.75) is 24.2 Å². The third-order valence-corrected chi connectivity index (χ3v) is 6.77.